The van der Waals surface area contributed by atoms with E-state index in [9.17, 15) is 4.79 Å². The molecule has 0 amide bonds. The Morgan fingerprint density at radius 1 is 1.16 bits per heavy atom. The summed E-state index contributed by atoms with van der Waals surface area (Å²) in [6.45, 7) is 7.47. The van der Waals surface area contributed by atoms with E-state index in [1.54, 1.807) is 11.3 Å². The maximum Gasteiger partial charge on any atom is 0.191 e. The van der Waals surface area contributed by atoms with Crippen LogP contribution in [-0.2, 0) is 0 Å². The van der Waals surface area contributed by atoms with Crippen molar-refractivity contribution in [3.05, 3.63) is 51.7 Å². The van der Waals surface area contributed by atoms with Gasteiger partial charge in [-0.2, -0.15) is 0 Å². The maximum atomic E-state index is 12.3. The Balaban J connectivity index is 2.16. The summed E-state index contributed by atoms with van der Waals surface area (Å²) < 4.78 is 0. The van der Waals surface area contributed by atoms with Crippen LogP contribution in [0.2, 0.25) is 0 Å². The number of hydrogen-bond donors (Lipinski definition) is 0. The molecule has 2 aromatic rings. The van der Waals surface area contributed by atoms with Crippen molar-refractivity contribution < 1.29 is 4.79 Å². The fourth-order valence-electron chi connectivity index (χ4n) is 2.12. The third-order valence-electron chi connectivity index (χ3n) is 3.19. The second-order valence-corrected chi connectivity index (χ2v) is 5.92. The lowest BCUT2D eigenvalue weighted by Crippen LogP contribution is -2.29. The van der Waals surface area contributed by atoms with Gasteiger partial charge in [-0.15, -0.1) is 11.3 Å². The van der Waals surface area contributed by atoms with Crippen LogP contribution in [0, 0.1) is 13.8 Å². The molecule has 1 aromatic heterocycles. The Morgan fingerprint density at radius 3 is 2.47 bits per heavy atom. The van der Waals surface area contributed by atoms with E-state index in [1.807, 2.05) is 31.2 Å². The number of anilines is 1. The van der Waals surface area contributed by atoms with Crippen LogP contribution in [-0.4, -0.2) is 18.9 Å². The first-order valence-electron chi connectivity index (χ1n) is 6.52. The van der Waals surface area contributed by atoms with Crippen LogP contribution in [0.4, 0.5) is 5.69 Å². The highest BCUT2D eigenvalue weighted by Gasteiger charge is 2.14. The first kappa shape index (κ1) is 13.8. The first-order chi connectivity index (χ1) is 9.11. The predicted molar refractivity (Wildman–Crippen MR) is 82.5 cm³/mol. The Bertz CT molecular complexity index is 574. The molecule has 0 saturated heterocycles. The van der Waals surface area contributed by atoms with Gasteiger partial charge in [-0.05, 0) is 44.5 Å². The molecule has 0 aliphatic carbocycles. The number of carbonyl (C=O) groups is 1. The molecule has 3 heteroatoms. The van der Waals surface area contributed by atoms with Gasteiger partial charge in [0.05, 0.1) is 11.4 Å². The number of likely N-dealkylation sites (N-methyl/N-ethyl adjacent to an activating group) is 1. The summed E-state index contributed by atoms with van der Waals surface area (Å²) in [4.78, 5) is 16.4. The second-order valence-electron chi connectivity index (χ2n) is 4.63. The van der Waals surface area contributed by atoms with Gasteiger partial charge in [0.1, 0.15) is 0 Å². The molecular weight excluding hydrogens is 254 g/mol. The topological polar surface area (TPSA) is 20.3 Å². The molecule has 0 radical (unpaired) electrons. The van der Waals surface area contributed by atoms with Crippen molar-refractivity contribution in [1.82, 2.24) is 0 Å². The molecule has 100 valence electrons. The van der Waals surface area contributed by atoms with E-state index in [1.165, 1.54) is 10.4 Å². The van der Waals surface area contributed by atoms with Crippen molar-refractivity contribution in [3.8, 4) is 0 Å². The van der Waals surface area contributed by atoms with E-state index >= 15 is 0 Å². The van der Waals surface area contributed by atoms with Crippen molar-refractivity contribution in [2.45, 2.75) is 20.8 Å². The standard InChI is InChI=1S/C16H19NOS/c1-4-17(14-8-6-5-7-12(14)2)11-15(18)16-10-9-13(3)19-16/h5-10H,4,11H2,1-3H3. The highest BCUT2D eigenvalue weighted by atomic mass is 32.1. The van der Waals surface area contributed by atoms with Crippen LogP contribution >= 0.6 is 11.3 Å². The molecule has 0 aliphatic heterocycles. The van der Waals surface area contributed by atoms with Crippen molar-refractivity contribution in [3.63, 3.8) is 0 Å². The predicted octanol–water partition coefficient (Wildman–Crippen LogP) is 4.07. The Hall–Kier alpha value is -1.61. The fourth-order valence-corrected chi connectivity index (χ4v) is 2.92. The van der Waals surface area contributed by atoms with E-state index in [2.05, 4.69) is 30.9 Å². The summed E-state index contributed by atoms with van der Waals surface area (Å²) >= 11 is 1.57. The van der Waals surface area contributed by atoms with E-state index in [-0.39, 0.29) is 5.78 Å². The van der Waals surface area contributed by atoms with Gasteiger partial charge >= 0.3 is 0 Å². The van der Waals surface area contributed by atoms with Crippen LogP contribution in [0.5, 0.6) is 0 Å². The molecule has 0 fully saturated rings. The van der Waals surface area contributed by atoms with Crippen LogP contribution in [0.25, 0.3) is 0 Å². The van der Waals surface area contributed by atoms with Gasteiger partial charge in [0.2, 0.25) is 0 Å². The number of nitrogens with zero attached hydrogens (tertiary/aromatic N) is 1. The molecule has 19 heavy (non-hydrogen) atoms. The van der Waals surface area contributed by atoms with E-state index in [0.717, 1.165) is 17.1 Å². The third-order valence-corrected chi connectivity index (χ3v) is 4.23. The monoisotopic (exact) mass is 273 g/mol. The number of benzene rings is 1. The molecule has 0 bridgehead atoms. The smallest absolute Gasteiger partial charge is 0.191 e. The molecule has 2 nitrogen and oxygen atoms in total. The fraction of sp³-hybridized carbons (Fsp3) is 0.312. The zero-order valence-electron chi connectivity index (χ0n) is 11.6. The van der Waals surface area contributed by atoms with Crippen molar-refractivity contribution in [2.75, 3.05) is 18.0 Å². The number of para-hydroxylation sites is 1. The molecule has 0 spiro atoms. The molecule has 0 aliphatic rings. The Kier molecular flexibility index (Phi) is 4.38. The second kappa shape index (κ2) is 6.02. The minimum absolute atomic E-state index is 0.197. The number of ketones is 1. The maximum absolute atomic E-state index is 12.3. The number of Topliss-reactive ketones (excluding diaryl/α,β-unsaturated/α-hetero) is 1. The molecule has 0 N–H and O–H groups in total. The molecule has 0 atom stereocenters. The molecule has 1 aromatic carbocycles. The van der Waals surface area contributed by atoms with E-state index in [0.29, 0.717) is 6.54 Å². The van der Waals surface area contributed by atoms with Gasteiger partial charge in [-0.1, -0.05) is 18.2 Å². The first-order valence-corrected chi connectivity index (χ1v) is 7.33. The Labute approximate surface area is 118 Å². The zero-order chi connectivity index (χ0) is 13.8. The van der Waals surface area contributed by atoms with E-state index < -0.39 is 0 Å². The van der Waals surface area contributed by atoms with Gasteiger partial charge < -0.3 is 4.90 Å². The lowest BCUT2D eigenvalue weighted by molar-refractivity contribution is 0.100. The summed E-state index contributed by atoms with van der Waals surface area (Å²) in [6, 6.07) is 12.1. The van der Waals surface area contributed by atoms with Crippen LogP contribution < -0.4 is 4.90 Å². The summed E-state index contributed by atoms with van der Waals surface area (Å²) in [5, 5.41) is 0. The largest absolute Gasteiger partial charge is 0.364 e. The average Bonchev–Trinajstić information content (AvgIpc) is 2.83. The van der Waals surface area contributed by atoms with Gasteiger partial charge in [0.15, 0.2) is 5.78 Å². The third kappa shape index (κ3) is 3.24. The van der Waals surface area contributed by atoms with Gasteiger partial charge in [0.25, 0.3) is 0 Å². The van der Waals surface area contributed by atoms with Crippen molar-refractivity contribution in [2.24, 2.45) is 0 Å². The van der Waals surface area contributed by atoms with Crippen LogP contribution in [0.15, 0.2) is 36.4 Å². The van der Waals surface area contributed by atoms with Gasteiger partial charge in [0, 0.05) is 17.1 Å². The molecule has 0 saturated carbocycles. The SMILES string of the molecule is CCN(CC(=O)c1ccc(C)s1)c1ccccc1C. The van der Waals surface area contributed by atoms with E-state index in [4.69, 9.17) is 0 Å². The number of thiophene rings is 1. The lowest BCUT2D eigenvalue weighted by Gasteiger charge is -2.23. The summed E-state index contributed by atoms with van der Waals surface area (Å²) in [6.07, 6.45) is 0. The molecule has 2 rings (SSSR count). The normalized spacial score (nSPS) is 10.5. The zero-order valence-corrected chi connectivity index (χ0v) is 12.5. The average molecular weight is 273 g/mol. The van der Waals surface area contributed by atoms with Gasteiger partial charge in [-0.3, -0.25) is 4.79 Å². The molecule has 0 unspecified atom stereocenters. The summed E-state index contributed by atoms with van der Waals surface area (Å²) in [7, 11) is 0. The van der Waals surface area contributed by atoms with Gasteiger partial charge in [-0.25, -0.2) is 0 Å². The molecule has 1 heterocycles. The molecular formula is C16H19NOS. The van der Waals surface area contributed by atoms with Crippen LogP contribution in [0.3, 0.4) is 0 Å². The number of aryl methyl sites for hydroxylation is 2. The Morgan fingerprint density at radius 2 is 1.89 bits per heavy atom. The number of rotatable bonds is 5. The highest BCUT2D eigenvalue weighted by Crippen LogP contribution is 2.21. The lowest BCUT2D eigenvalue weighted by atomic mass is 10.1. The number of carbonyl (C=O) groups excluding carboxylic acids is 1. The summed E-state index contributed by atoms with van der Waals surface area (Å²) in [5.41, 5.74) is 2.35. The minimum atomic E-state index is 0.197. The van der Waals surface area contributed by atoms with Crippen LogP contribution in [0.1, 0.15) is 27.0 Å². The van der Waals surface area contributed by atoms with Crippen molar-refractivity contribution >= 4 is 22.8 Å². The summed E-state index contributed by atoms with van der Waals surface area (Å²) in [5.74, 6) is 0.197. The van der Waals surface area contributed by atoms with Crippen molar-refractivity contribution in [1.29, 1.82) is 0 Å². The quantitative estimate of drug-likeness (QED) is 0.765. The minimum Gasteiger partial charge on any atom is -0.364 e. The number of hydrogen-bond acceptors (Lipinski definition) is 3. The highest BCUT2D eigenvalue weighted by molar-refractivity contribution is 7.14.